The van der Waals surface area contributed by atoms with E-state index in [4.69, 9.17) is 58.6 Å². The summed E-state index contributed by atoms with van der Waals surface area (Å²) in [5, 5.41) is 8.84. The molecule has 0 aromatic heterocycles. The Kier molecular flexibility index (Phi) is 7.28. The molecule has 0 saturated carbocycles. The summed E-state index contributed by atoms with van der Waals surface area (Å²) in [6.45, 7) is 0. The Bertz CT molecular complexity index is 550. The van der Waals surface area contributed by atoms with Gasteiger partial charge >= 0.3 is 6.03 Å². The molecule has 0 bridgehead atoms. The van der Waals surface area contributed by atoms with E-state index in [1.165, 1.54) is 4.90 Å². The van der Waals surface area contributed by atoms with E-state index in [1.807, 2.05) is 0 Å². The summed E-state index contributed by atoms with van der Waals surface area (Å²) in [6, 6.07) is 6.49. The molecule has 0 aliphatic rings. The van der Waals surface area contributed by atoms with Crippen LogP contribution >= 0.6 is 58.6 Å². The van der Waals surface area contributed by atoms with Crippen molar-refractivity contribution in [2.24, 2.45) is 0 Å². The number of rotatable bonds is 3. The standard InChI is InChI=1S/C12H14Cl4N4OS/c1-20(2)11(21)19-9(12(14,15)16)18-10(22)17-8-5-3-4-7(13)6-8/h3-6,9H,1-2H3,(H,19,21)(H2,17,18,22)/t9-/m0/s1. The van der Waals surface area contributed by atoms with Gasteiger partial charge in [0, 0.05) is 24.8 Å². The van der Waals surface area contributed by atoms with Gasteiger partial charge in [-0.1, -0.05) is 52.5 Å². The van der Waals surface area contributed by atoms with Crippen molar-refractivity contribution < 1.29 is 4.79 Å². The van der Waals surface area contributed by atoms with Crippen molar-refractivity contribution in [2.75, 3.05) is 19.4 Å². The normalized spacial score (nSPS) is 12.3. The van der Waals surface area contributed by atoms with Crippen LogP contribution in [0.25, 0.3) is 0 Å². The summed E-state index contributed by atoms with van der Waals surface area (Å²) in [4.78, 5) is 13.0. The number of carbonyl (C=O) groups is 1. The van der Waals surface area contributed by atoms with Crippen LogP contribution in [-0.4, -0.2) is 40.1 Å². The molecule has 10 heteroatoms. The number of anilines is 1. The second-order valence-electron chi connectivity index (χ2n) is 4.43. The van der Waals surface area contributed by atoms with Crippen molar-refractivity contribution in [1.82, 2.24) is 15.5 Å². The van der Waals surface area contributed by atoms with Crippen LogP contribution < -0.4 is 16.0 Å². The zero-order chi connectivity index (χ0) is 16.9. The molecule has 0 saturated heterocycles. The zero-order valence-electron chi connectivity index (χ0n) is 11.7. The zero-order valence-corrected chi connectivity index (χ0v) is 15.5. The maximum absolute atomic E-state index is 11.7. The van der Waals surface area contributed by atoms with Crippen LogP contribution in [0.5, 0.6) is 0 Å². The predicted molar refractivity (Wildman–Crippen MR) is 97.1 cm³/mol. The first-order valence-corrected chi connectivity index (χ1v) is 7.89. The van der Waals surface area contributed by atoms with Gasteiger partial charge in [0.1, 0.15) is 0 Å². The quantitative estimate of drug-likeness (QED) is 0.410. The predicted octanol–water partition coefficient (Wildman–Crippen LogP) is 3.59. The van der Waals surface area contributed by atoms with Gasteiger partial charge < -0.3 is 20.9 Å². The number of benzene rings is 1. The average molecular weight is 404 g/mol. The van der Waals surface area contributed by atoms with Crippen LogP contribution in [0.4, 0.5) is 10.5 Å². The SMILES string of the molecule is CN(C)C(=O)N[C@H](NC(=S)Nc1cccc(Cl)c1)C(Cl)(Cl)Cl. The molecule has 122 valence electrons. The molecule has 0 aliphatic carbocycles. The average Bonchev–Trinajstić information content (AvgIpc) is 2.36. The van der Waals surface area contributed by atoms with Gasteiger partial charge in [0.2, 0.25) is 3.79 Å². The Morgan fingerprint density at radius 1 is 1.27 bits per heavy atom. The number of hydrogen-bond donors (Lipinski definition) is 3. The number of amides is 2. The van der Waals surface area contributed by atoms with E-state index >= 15 is 0 Å². The molecule has 0 unspecified atom stereocenters. The third kappa shape index (κ3) is 6.62. The number of halogens is 4. The second-order valence-corrected chi connectivity index (χ2v) is 7.64. The van der Waals surface area contributed by atoms with E-state index in [2.05, 4.69) is 16.0 Å². The van der Waals surface area contributed by atoms with E-state index in [-0.39, 0.29) is 5.11 Å². The summed E-state index contributed by atoms with van der Waals surface area (Å²) >= 11 is 28.6. The number of nitrogens with one attached hydrogen (secondary N) is 3. The van der Waals surface area contributed by atoms with Gasteiger partial charge in [-0.3, -0.25) is 0 Å². The van der Waals surface area contributed by atoms with Crippen molar-refractivity contribution in [3.63, 3.8) is 0 Å². The number of thiocarbonyl (C=S) groups is 1. The monoisotopic (exact) mass is 402 g/mol. The van der Waals surface area contributed by atoms with Gasteiger partial charge in [-0.05, 0) is 30.4 Å². The highest BCUT2D eigenvalue weighted by atomic mass is 35.6. The first-order valence-electron chi connectivity index (χ1n) is 5.97. The molecule has 0 fully saturated rings. The number of alkyl halides is 3. The van der Waals surface area contributed by atoms with Crippen LogP contribution in [0.15, 0.2) is 24.3 Å². The van der Waals surface area contributed by atoms with Crippen molar-refractivity contribution >= 4 is 75.5 Å². The minimum atomic E-state index is -1.80. The molecule has 0 aliphatic heterocycles. The largest absolute Gasteiger partial charge is 0.339 e. The molecule has 22 heavy (non-hydrogen) atoms. The third-order valence-electron chi connectivity index (χ3n) is 2.36. The minimum Gasteiger partial charge on any atom is -0.339 e. The van der Waals surface area contributed by atoms with E-state index in [0.717, 1.165) is 0 Å². The number of nitrogens with zero attached hydrogens (tertiary/aromatic N) is 1. The fraction of sp³-hybridized carbons (Fsp3) is 0.333. The van der Waals surface area contributed by atoms with Crippen molar-refractivity contribution in [3.05, 3.63) is 29.3 Å². The van der Waals surface area contributed by atoms with Crippen molar-refractivity contribution in [2.45, 2.75) is 9.96 Å². The lowest BCUT2D eigenvalue weighted by Crippen LogP contribution is -2.57. The lowest BCUT2D eigenvalue weighted by molar-refractivity contribution is 0.212. The second kappa shape index (κ2) is 8.26. The fourth-order valence-corrected chi connectivity index (χ4v) is 2.07. The van der Waals surface area contributed by atoms with Crippen LogP contribution in [0.3, 0.4) is 0 Å². The minimum absolute atomic E-state index is 0.164. The maximum atomic E-state index is 11.7. The van der Waals surface area contributed by atoms with Crippen LogP contribution in [-0.2, 0) is 0 Å². The number of carbonyl (C=O) groups excluding carboxylic acids is 1. The van der Waals surface area contributed by atoms with Gasteiger partial charge in [-0.2, -0.15) is 0 Å². The highest BCUT2D eigenvalue weighted by molar-refractivity contribution is 7.80. The Morgan fingerprint density at radius 3 is 2.41 bits per heavy atom. The lowest BCUT2D eigenvalue weighted by atomic mass is 10.3. The first-order chi connectivity index (χ1) is 10.1. The molecule has 3 N–H and O–H groups in total. The molecule has 0 radical (unpaired) electrons. The highest BCUT2D eigenvalue weighted by Gasteiger charge is 2.35. The Labute approximate surface area is 154 Å². The Balaban J connectivity index is 2.73. The number of hydrogen-bond acceptors (Lipinski definition) is 2. The Hall–Kier alpha value is -0.660. The van der Waals surface area contributed by atoms with E-state index in [0.29, 0.717) is 10.7 Å². The summed E-state index contributed by atoms with van der Waals surface area (Å²) in [5.74, 6) is 0. The van der Waals surface area contributed by atoms with Gasteiger partial charge in [-0.15, -0.1) is 0 Å². The fourth-order valence-electron chi connectivity index (χ4n) is 1.32. The summed E-state index contributed by atoms with van der Waals surface area (Å²) < 4.78 is -1.80. The number of urea groups is 1. The Morgan fingerprint density at radius 2 is 1.91 bits per heavy atom. The molecule has 0 heterocycles. The summed E-state index contributed by atoms with van der Waals surface area (Å²) in [5.41, 5.74) is 0.659. The molecule has 1 rings (SSSR count). The molecule has 1 aromatic carbocycles. The summed E-state index contributed by atoms with van der Waals surface area (Å²) in [7, 11) is 3.13. The van der Waals surface area contributed by atoms with Gasteiger partial charge in [-0.25, -0.2) is 4.79 Å². The molecule has 0 spiro atoms. The van der Waals surface area contributed by atoms with E-state index < -0.39 is 16.0 Å². The first kappa shape index (κ1) is 19.4. The summed E-state index contributed by atoms with van der Waals surface area (Å²) in [6.07, 6.45) is -1.02. The van der Waals surface area contributed by atoms with Crippen molar-refractivity contribution in [3.8, 4) is 0 Å². The van der Waals surface area contributed by atoms with Crippen molar-refractivity contribution in [1.29, 1.82) is 0 Å². The maximum Gasteiger partial charge on any atom is 0.318 e. The molecule has 2 amide bonds. The topological polar surface area (TPSA) is 56.4 Å². The smallest absolute Gasteiger partial charge is 0.318 e. The van der Waals surface area contributed by atoms with E-state index in [1.54, 1.807) is 38.4 Å². The van der Waals surface area contributed by atoms with Gasteiger partial charge in [0.25, 0.3) is 0 Å². The van der Waals surface area contributed by atoms with Crippen LogP contribution in [0, 0.1) is 0 Å². The molecular weight excluding hydrogens is 390 g/mol. The van der Waals surface area contributed by atoms with Crippen LogP contribution in [0.2, 0.25) is 5.02 Å². The third-order valence-corrected chi connectivity index (χ3v) is 3.47. The van der Waals surface area contributed by atoms with Gasteiger partial charge in [0.15, 0.2) is 11.3 Å². The molecule has 5 nitrogen and oxygen atoms in total. The van der Waals surface area contributed by atoms with E-state index in [9.17, 15) is 4.79 Å². The molecule has 1 atom stereocenters. The van der Waals surface area contributed by atoms with Gasteiger partial charge in [0.05, 0.1) is 0 Å². The molecular formula is C12H14Cl4N4OS. The van der Waals surface area contributed by atoms with Crippen LogP contribution in [0.1, 0.15) is 0 Å². The molecule has 1 aromatic rings. The highest BCUT2D eigenvalue weighted by Crippen LogP contribution is 2.29. The lowest BCUT2D eigenvalue weighted by Gasteiger charge is -2.28.